The second-order valence-electron chi connectivity index (χ2n) is 5.80. The van der Waals surface area contributed by atoms with Crippen molar-refractivity contribution in [1.29, 1.82) is 0 Å². The SMILES string of the molecule is CC(CC(=O)NCc1ccc(F)cc1F)C1CCCNC1. The average Bonchev–Trinajstić information content (AvgIpc) is 2.47. The molecule has 1 heterocycles. The molecule has 1 aromatic rings. The first kappa shape index (κ1) is 15.9. The number of carbonyl (C=O) groups excluding carboxylic acids is 1. The lowest BCUT2D eigenvalue weighted by Crippen LogP contribution is -2.35. The molecule has 21 heavy (non-hydrogen) atoms. The first-order valence-corrected chi connectivity index (χ1v) is 7.47. The molecule has 1 saturated heterocycles. The van der Waals surface area contributed by atoms with E-state index >= 15 is 0 Å². The number of nitrogens with one attached hydrogen (secondary N) is 2. The first-order chi connectivity index (χ1) is 10.1. The summed E-state index contributed by atoms with van der Waals surface area (Å²) in [4.78, 5) is 11.9. The fourth-order valence-corrected chi connectivity index (χ4v) is 2.75. The van der Waals surface area contributed by atoms with Gasteiger partial charge in [-0.15, -0.1) is 0 Å². The first-order valence-electron chi connectivity index (χ1n) is 7.47. The zero-order valence-corrected chi connectivity index (χ0v) is 12.3. The number of benzene rings is 1. The third-order valence-corrected chi connectivity index (χ3v) is 4.14. The average molecular weight is 296 g/mol. The highest BCUT2D eigenvalue weighted by atomic mass is 19.1. The lowest BCUT2D eigenvalue weighted by molar-refractivity contribution is -0.122. The third kappa shape index (κ3) is 4.77. The summed E-state index contributed by atoms with van der Waals surface area (Å²) in [6.45, 7) is 4.19. The van der Waals surface area contributed by atoms with Crippen molar-refractivity contribution in [3.8, 4) is 0 Å². The van der Waals surface area contributed by atoms with E-state index in [1.54, 1.807) is 0 Å². The molecular formula is C16H22F2N2O. The van der Waals surface area contributed by atoms with E-state index in [4.69, 9.17) is 0 Å². The molecule has 1 fully saturated rings. The zero-order chi connectivity index (χ0) is 15.2. The maximum Gasteiger partial charge on any atom is 0.220 e. The molecule has 0 saturated carbocycles. The van der Waals surface area contributed by atoms with E-state index in [0.717, 1.165) is 32.0 Å². The highest BCUT2D eigenvalue weighted by Crippen LogP contribution is 2.22. The van der Waals surface area contributed by atoms with Crippen LogP contribution >= 0.6 is 0 Å². The standard InChI is InChI=1S/C16H22F2N2O/c1-11(12-3-2-6-19-9-12)7-16(21)20-10-13-4-5-14(17)8-15(13)18/h4-5,8,11-12,19H,2-3,6-7,9-10H2,1H3,(H,20,21). The Kier molecular flexibility index (Phi) is 5.67. The molecule has 1 amide bonds. The highest BCUT2D eigenvalue weighted by molar-refractivity contribution is 5.76. The van der Waals surface area contributed by atoms with Gasteiger partial charge in [0.2, 0.25) is 5.91 Å². The number of amides is 1. The minimum Gasteiger partial charge on any atom is -0.352 e. The summed E-state index contributed by atoms with van der Waals surface area (Å²) < 4.78 is 26.2. The molecule has 2 rings (SSSR count). The highest BCUT2D eigenvalue weighted by Gasteiger charge is 2.21. The van der Waals surface area contributed by atoms with Crippen LogP contribution in [0.25, 0.3) is 0 Å². The second-order valence-corrected chi connectivity index (χ2v) is 5.80. The van der Waals surface area contributed by atoms with Crippen LogP contribution in [-0.2, 0) is 11.3 Å². The van der Waals surface area contributed by atoms with Gasteiger partial charge in [-0.25, -0.2) is 8.78 Å². The minimum atomic E-state index is -0.625. The summed E-state index contributed by atoms with van der Waals surface area (Å²) in [6, 6.07) is 3.39. The maximum atomic E-state index is 13.5. The predicted molar refractivity (Wildman–Crippen MR) is 77.6 cm³/mol. The largest absolute Gasteiger partial charge is 0.352 e. The van der Waals surface area contributed by atoms with Gasteiger partial charge in [-0.2, -0.15) is 0 Å². The van der Waals surface area contributed by atoms with Crippen molar-refractivity contribution in [2.24, 2.45) is 11.8 Å². The molecule has 1 aromatic carbocycles. The van der Waals surface area contributed by atoms with Crippen molar-refractivity contribution in [2.45, 2.75) is 32.7 Å². The van der Waals surface area contributed by atoms with Gasteiger partial charge in [-0.05, 0) is 43.8 Å². The van der Waals surface area contributed by atoms with Gasteiger partial charge in [0.25, 0.3) is 0 Å². The molecule has 116 valence electrons. The van der Waals surface area contributed by atoms with Crippen molar-refractivity contribution < 1.29 is 13.6 Å². The Morgan fingerprint density at radius 2 is 2.29 bits per heavy atom. The van der Waals surface area contributed by atoms with Gasteiger partial charge >= 0.3 is 0 Å². The third-order valence-electron chi connectivity index (χ3n) is 4.14. The number of hydrogen-bond acceptors (Lipinski definition) is 2. The Morgan fingerprint density at radius 3 is 2.95 bits per heavy atom. The van der Waals surface area contributed by atoms with Crippen LogP contribution in [0.5, 0.6) is 0 Å². The summed E-state index contributed by atoms with van der Waals surface area (Å²) in [5.41, 5.74) is 0.303. The molecule has 1 aliphatic heterocycles. The Bertz CT molecular complexity index is 487. The second kappa shape index (κ2) is 7.50. The van der Waals surface area contributed by atoms with E-state index < -0.39 is 11.6 Å². The van der Waals surface area contributed by atoms with Crippen LogP contribution in [0, 0.1) is 23.5 Å². The zero-order valence-electron chi connectivity index (χ0n) is 12.3. The lowest BCUT2D eigenvalue weighted by atomic mass is 9.85. The molecule has 3 nitrogen and oxygen atoms in total. The number of hydrogen-bond donors (Lipinski definition) is 2. The van der Waals surface area contributed by atoms with Crippen LogP contribution in [-0.4, -0.2) is 19.0 Å². The molecular weight excluding hydrogens is 274 g/mol. The molecule has 1 aliphatic rings. The van der Waals surface area contributed by atoms with E-state index in [-0.39, 0.29) is 12.5 Å². The van der Waals surface area contributed by atoms with Crippen LogP contribution in [0.1, 0.15) is 31.7 Å². The number of carbonyl (C=O) groups is 1. The quantitative estimate of drug-likeness (QED) is 0.877. The van der Waals surface area contributed by atoms with Gasteiger partial charge in [-0.1, -0.05) is 13.0 Å². The van der Waals surface area contributed by atoms with E-state index in [0.29, 0.717) is 23.8 Å². The van der Waals surface area contributed by atoms with Crippen LogP contribution in [0.3, 0.4) is 0 Å². The van der Waals surface area contributed by atoms with Crippen molar-refractivity contribution >= 4 is 5.91 Å². The van der Waals surface area contributed by atoms with Gasteiger partial charge in [0, 0.05) is 24.6 Å². The Labute approximate surface area is 124 Å². The molecule has 2 atom stereocenters. The van der Waals surface area contributed by atoms with E-state index in [1.807, 2.05) is 0 Å². The van der Waals surface area contributed by atoms with Gasteiger partial charge in [0.15, 0.2) is 0 Å². The molecule has 2 unspecified atom stereocenters. The summed E-state index contributed by atoms with van der Waals surface area (Å²) in [6.07, 6.45) is 2.74. The van der Waals surface area contributed by atoms with Crippen LogP contribution in [0.4, 0.5) is 8.78 Å². The van der Waals surface area contributed by atoms with Gasteiger partial charge in [-0.3, -0.25) is 4.79 Å². The van der Waals surface area contributed by atoms with E-state index in [9.17, 15) is 13.6 Å². The minimum absolute atomic E-state index is 0.0863. The summed E-state index contributed by atoms with van der Waals surface area (Å²) in [5.74, 6) is -0.499. The van der Waals surface area contributed by atoms with Crippen LogP contribution in [0.15, 0.2) is 18.2 Å². The van der Waals surface area contributed by atoms with Gasteiger partial charge in [0.1, 0.15) is 11.6 Å². The smallest absolute Gasteiger partial charge is 0.220 e. The summed E-state index contributed by atoms with van der Waals surface area (Å²) in [5, 5.41) is 6.05. The normalized spacial score (nSPS) is 20.0. The fraction of sp³-hybridized carbons (Fsp3) is 0.562. The molecule has 0 bridgehead atoms. The van der Waals surface area contributed by atoms with Crippen molar-refractivity contribution in [2.75, 3.05) is 13.1 Å². The topological polar surface area (TPSA) is 41.1 Å². The fourth-order valence-electron chi connectivity index (χ4n) is 2.75. The number of halogens is 2. The van der Waals surface area contributed by atoms with Crippen molar-refractivity contribution in [3.63, 3.8) is 0 Å². The molecule has 0 spiro atoms. The monoisotopic (exact) mass is 296 g/mol. The molecule has 5 heteroatoms. The molecule has 0 aliphatic carbocycles. The Morgan fingerprint density at radius 1 is 1.48 bits per heavy atom. The Hall–Kier alpha value is -1.49. The van der Waals surface area contributed by atoms with E-state index in [2.05, 4.69) is 17.6 Å². The van der Waals surface area contributed by atoms with Gasteiger partial charge < -0.3 is 10.6 Å². The maximum absolute atomic E-state index is 13.5. The predicted octanol–water partition coefficient (Wildman–Crippen LogP) is 2.61. The van der Waals surface area contributed by atoms with Crippen molar-refractivity contribution in [3.05, 3.63) is 35.4 Å². The number of piperidine rings is 1. The molecule has 2 N–H and O–H groups in total. The molecule has 0 aromatic heterocycles. The van der Waals surface area contributed by atoms with E-state index in [1.165, 1.54) is 12.1 Å². The summed E-state index contributed by atoms with van der Waals surface area (Å²) in [7, 11) is 0. The summed E-state index contributed by atoms with van der Waals surface area (Å²) >= 11 is 0. The lowest BCUT2D eigenvalue weighted by Gasteiger charge is -2.28. The Balaban J connectivity index is 1.78. The molecule has 0 radical (unpaired) electrons. The van der Waals surface area contributed by atoms with Gasteiger partial charge in [0.05, 0.1) is 0 Å². The van der Waals surface area contributed by atoms with Crippen molar-refractivity contribution in [1.82, 2.24) is 10.6 Å². The van der Waals surface area contributed by atoms with Crippen LogP contribution < -0.4 is 10.6 Å². The van der Waals surface area contributed by atoms with Crippen LogP contribution in [0.2, 0.25) is 0 Å². The number of rotatable bonds is 5.